The van der Waals surface area contributed by atoms with Crippen molar-refractivity contribution in [3.05, 3.63) is 36.2 Å². The van der Waals surface area contributed by atoms with Crippen LogP contribution in [-0.2, 0) is 30.7 Å². The van der Waals surface area contributed by atoms with E-state index in [2.05, 4.69) is 25.3 Å². The maximum Gasteiger partial charge on any atom is 0.510 e. The van der Waals surface area contributed by atoms with Crippen LogP contribution in [0.25, 0.3) is 0 Å². The zero-order chi connectivity index (χ0) is 27.8. The zero-order valence-electron chi connectivity index (χ0n) is 22.4. The number of amides is 1. The van der Waals surface area contributed by atoms with Gasteiger partial charge in [0.1, 0.15) is 10.9 Å². The number of anilines is 2. The number of likely N-dealkylation sites (tertiary alicyclic amines) is 1. The maximum atomic E-state index is 13.9. The van der Waals surface area contributed by atoms with E-state index in [-0.39, 0.29) is 23.8 Å². The largest absolute Gasteiger partial charge is 0.510 e. The minimum Gasteiger partial charge on any atom is -0.435 e. The fourth-order valence-electron chi connectivity index (χ4n) is 4.98. The van der Waals surface area contributed by atoms with E-state index in [1.807, 2.05) is 13.0 Å². The molecule has 1 saturated heterocycles. The first-order valence-electron chi connectivity index (χ1n) is 13.5. The van der Waals surface area contributed by atoms with Crippen LogP contribution in [0.1, 0.15) is 51.5 Å². The first kappa shape index (κ1) is 28.7. The minimum atomic E-state index is -4.06. The number of aromatic amines is 1. The molecule has 0 radical (unpaired) electrons. The summed E-state index contributed by atoms with van der Waals surface area (Å²) in [7, 11) is -4.06. The van der Waals surface area contributed by atoms with Gasteiger partial charge in [-0.2, -0.15) is 4.72 Å². The van der Waals surface area contributed by atoms with Crippen molar-refractivity contribution in [2.45, 2.75) is 69.5 Å². The summed E-state index contributed by atoms with van der Waals surface area (Å²) in [5.41, 5.74) is 1.51. The third-order valence-electron chi connectivity index (χ3n) is 6.97. The summed E-state index contributed by atoms with van der Waals surface area (Å²) in [5, 5.41) is 6.33. The summed E-state index contributed by atoms with van der Waals surface area (Å²) in [6.07, 6.45) is 5.20. The average molecular weight is 563 g/mol. The van der Waals surface area contributed by atoms with E-state index in [4.69, 9.17) is 9.47 Å². The van der Waals surface area contributed by atoms with Gasteiger partial charge in [-0.25, -0.2) is 18.2 Å². The quantitative estimate of drug-likeness (QED) is 0.239. The van der Waals surface area contributed by atoms with Crippen molar-refractivity contribution in [3.8, 4) is 0 Å². The highest BCUT2D eigenvalue weighted by Gasteiger charge is 2.38. The van der Waals surface area contributed by atoms with Crippen LogP contribution in [0, 0.1) is 5.92 Å². The van der Waals surface area contributed by atoms with Crippen molar-refractivity contribution in [2.24, 2.45) is 5.92 Å². The molecule has 0 spiro atoms. The molecule has 39 heavy (non-hydrogen) atoms. The molecular weight excluding hydrogens is 524 g/mol. The molecule has 2 aromatic rings. The molecule has 0 bridgehead atoms. The first-order chi connectivity index (χ1) is 18.8. The minimum absolute atomic E-state index is 0.123. The van der Waals surface area contributed by atoms with Crippen molar-refractivity contribution in [2.75, 3.05) is 36.9 Å². The number of hydrogen-bond acceptors (Lipinski definition) is 9. The molecule has 4 N–H and O–H groups in total. The number of imidazole rings is 1. The standard InChI is InChI=1S/C26H38N6O6S/c1-3-37-26(34)38-22-17-18(2)11-16-32(22)24(33)20(9-6-13-28-25-29-14-15-30-25)31-39(35,36)21-10-4-7-19-8-5-12-27-23(19)21/h4,7,10,14-15,18,20,22,27,31H,3,5-6,8-9,11-13,16-17H2,1-2H3,(H2,28,29,30)/t18-,20+,22-/m1/s1. The number of nitrogens with one attached hydrogen (secondary N) is 4. The van der Waals surface area contributed by atoms with Crippen LogP contribution in [-0.4, -0.2) is 73.9 Å². The number of carbonyl (C=O) groups is 2. The highest BCUT2D eigenvalue weighted by atomic mass is 32.2. The van der Waals surface area contributed by atoms with Crippen molar-refractivity contribution in [1.82, 2.24) is 19.6 Å². The van der Waals surface area contributed by atoms with Crippen LogP contribution >= 0.6 is 0 Å². The summed E-state index contributed by atoms with van der Waals surface area (Å²) in [5.74, 6) is 0.381. The number of sulfonamides is 1. The van der Waals surface area contributed by atoms with Gasteiger partial charge in [0.05, 0.1) is 12.3 Å². The molecule has 0 unspecified atom stereocenters. The smallest absolute Gasteiger partial charge is 0.435 e. The number of rotatable bonds is 11. The molecule has 0 saturated carbocycles. The number of para-hydroxylation sites is 1. The lowest BCUT2D eigenvalue weighted by atomic mass is 9.96. The molecule has 3 atom stereocenters. The van der Waals surface area contributed by atoms with Crippen LogP contribution in [0.2, 0.25) is 0 Å². The second-order valence-electron chi connectivity index (χ2n) is 9.92. The van der Waals surface area contributed by atoms with E-state index in [9.17, 15) is 18.0 Å². The lowest BCUT2D eigenvalue weighted by molar-refractivity contribution is -0.150. The molecule has 3 heterocycles. The topological polar surface area (TPSA) is 155 Å². The molecule has 4 rings (SSSR count). The van der Waals surface area contributed by atoms with Crippen LogP contribution in [0.15, 0.2) is 35.5 Å². The van der Waals surface area contributed by atoms with E-state index >= 15 is 0 Å². The number of hydrogen-bond donors (Lipinski definition) is 4. The second-order valence-corrected chi connectivity index (χ2v) is 11.6. The molecular formula is C26H38N6O6S. The van der Waals surface area contributed by atoms with Gasteiger partial charge in [-0.15, -0.1) is 0 Å². The second kappa shape index (κ2) is 13.2. The molecule has 214 valence electrons. The number of aromatic nitrogens is 2. The van der Waals surface area contributed by atoms with E-state index in [1.165, 1.54) is 4.90 Å². The molecule has 13 heteroatoms. The zero-order valence-corrected chi connectivity index (χ0v) is 23.3. The Morgan fingerprint density at radius 3 is 2.92 bits per heavy atom. The number of aryl methyl sites for hydroxylation is 1. The highest BCUT2D eigenvalue weighted by Crippen LogP contribution is 2.30. The molecule has 1 amide bonds. The van der Waals surface area contributed by atoms with Crippen molar-refractivity contribution in [1.29, 1.82) is 0 Å². The summed E-state index contributed by atoms with van der Waals surface area (Å²) >= 11 is 0. The number of piperidine rings is 1. The monoisotopic (exact) mass is 562 g/mol. The molecule has 1 aromatic heterocycles. The third kappa shape index (κ3) is 7.41. The Morgan fingerprint density at radius 2 is 2.15 bits per heavy atom. The molecule has 12 nitrogen and oxygen atoms in total. The predicted octanol–water partition coefficient (Wildman–Crippen LogP) is 3.06. The summed E-state index contributed by atoms with van der Waals surface area (Å²) < 4.78 is 40.4. The van der Waals surface area contributed by atoms with Crippen LogP contribution in [0.5, 0.6) is 0 Å². The Morgan fingerprint density at radius 1 is 1.31 bits per heavy atom. The lowest BCUT2D eigenvalue weighted by Crippen LogP contribution is -2.55. The van der Waals surface area contributed by atoms with E-state index in [1.54, 1.807) is 31.5 Å². The Labute approximate surface area is 229 Å². The fourth-order valence-corrected chi connectivity index (χ4v) is 6.43. The Balaban J connectivity index is 1.54. The molecule has 0 aliphatic carbocycles. The van der Waals surface area contributed by atoms with E-state index < -0.39 is 34.4 Å². The average Bonchev–Trinajstić information content (AvgIpc) is 3.43. The number of carbonyl (C=O) groups excluding carboxylic acids is 2. The maximum absolute atomic E-state index is 13.9. The van der Waals surface area contributed by atoms with Gasteiger partial charge in [-0.05, 0) is 56.6 Å². The third-order valence-corrected chi connectivity index (χ3v) is 8.49. The van der Waals surface area contributed by atoms with Gasteiger partial charge in [-0.3, -0.25) is 4.79 Å². The molecule has 2 aliphatic heterocycles. The first-order valence-corrected chi connectivity index (χ1v) is 15.0. The molecule has 2 aliphatic rings. The highest BCUT2D eigenvalue weighted by molar-refractivity contribution is 7.89. The number of benzene rings is 1. The van der Waals surface area contributed by atoms with Gasteiger partial charge in [0.15, 0.2) is 12.2 Å². The van der Waals surface area contributed by atoms with Crippen molar-refractivity contribution < 1.29 is 27.5 Å². The van der Waals surface area contributed by atoms with Gasteiger partial charge in [0.25, 0.3) is 0 Å². The van der Waals surface area contributed by atoms with Gasteiger partial charge >= 0.3 is 6.16 Å². The normalized spacial score (nSPS) is 19.9. The number of ether oxygens (including phenoxy) is 2. The lowest BCUT2D eigenvalue weighted by Gasteiger charge is -2.39. The van der Waals surface area contributed by atoms with Gasteiger partial charge in [0, 0.05) is 38.4 Å². The van der Waals surface area contributed by atoms with Gasteiger partial charge in [-0.1, -0.05) is 19.1 Å². The SMILES string of the molecule is CCOC(=O)O[C@@H]1C[C@H](C)CCN1C(=O)[C@H](CCCNc1ncc[nH]1)NS(=O)(=O)c1cccc2c1NCCC2. The Hall–Kier alpha value is -3.32. The summed E-state index contributed by atoms with van der Waals surface area (Å²) in [6.45, 7) is 5.34. The van der Waals surface area contributed by atoms with Gasteiger partial charge in [0.2, 0.25) is 15.9 Å². The Bertz CT molecular complexity index is 1220. The van der Waals surface area contributed by atoms with E-state index in [0.717, 1.165) is 18.4 Å². The van der Waals surface area contributed by atoms with Crippen molar-refractivity contribution >= 4 is 33.7 Å². The predicted molar refractivity (Wildman–Crippen MR) is 146 cm³/mol. The number of nitrogens with zero attached hydrogens (tertiary/aromatic N) is 2. The summed E-state index contributed by atoms with van der Waals surface area (Å²) in [6, 6.07) is 4.12. The number of fused-ring (bicyclic) bond motifs is 1. The van der Waals surface area contributed by atoms with Gasteiger partial charge < -0.3 is 30.0 Å². The molecule has 1 aromatic carbocycles. The van der Waals surface area contributed by atoms with Crippen molar-refractivity contribution in [3.63, 3.8) is 0 Å². The van der Waals surface area contributed by atoms with E-state index in [0.29, 0.717) is 50.5 Å². The van der Waals surface area contributed by atoms with Crippen LogP contribution < -0.4 is 15.4 Å². The van der Waals surface area contributed by atoms with Crippen LogP contribution in [0.4, 0.5) is 16.4 Å². The summed E-state index contributed by atoms with van der Waals surface area (Å²) in [4.78, 5) is 34.7. The van der Waals surface area contributed by atoms with Crippen LogP contribution in [0.3, 0.4) is 0 Å². The Kier molecular flexibility index (Phi) is 9.68. The molecule has 1 fully saturated rings. The number of H-pyrrole nitrogens is 1. The fraction of sp³-hybridized carbons (Fsp3) is 0.577.